The summed E-state index contributed by atoms with van der Waals surface area (Å²) < 4.78 is 14.8. The molecule has 0 aliphatic heterocycles. The summed E-state index contributed by atoms with van der Waals surface area (Å²) in [6.45, 7) is 2.19. The fourth-order valence-corrected chi connectivity index (χ4v) is 3.62. The second-order valence-electron chi connectivity index (χ2n) is 5.50. The Morgan fingerprint density at radius 2 is 2.22 bits per heavy atom. The second-order valence-corrected chi connectivity index (χ2v) is 6.41. The lowest BCUT2D eigenvalue weighted by molar-refractivity contribution is 0.181. The van der Waals surface area contributed by atoms with Crippen LogP contribution in [0, 0.1) is 11.7 Å². The van der Waals surface area contributed by atoms with Crippen LogP contribution in [0.2, 0.25) is 0 Å². The van der Waals surface area contributed by atoms with Crippen molar-refractivity contribution in [2.45, 2.75) is 51.0 Å². The highest BCUT2D eigenvalue weighted by Gasteiger charge is 2.36. The van der Waals surface area contributed by atoms with E-state index < -0.39 is 0 Å². The van der Waals surface area contributed by atoms with E-state index in [4.69, 9.17) is 5.73 Å². The molecule has 2 rings (SSSR count). The van der Waals surface area contributed by atoms with E-state index >= 15 is 0 Å². The van der Waals surface area contributed by atoms with E-state index in [1.807, 2.05) is 6.07 Å². The summed E-state index contributed by atoms with van der Waals surface area (Å²) in [5.41, 5.74) is 7.10. The monoisotopic (exact) mass is 313 g/mol. The maximum atomic E-state index is 13.8. The second kappa shape index (κ2) is 5.70. The molecule has 0 heterocycles. The highest BCUT2D eigenvalue weighted by molar-refractivity contribution is 9.10. The average molecular weight is 314 g/mol. The van der Waals surface area contributed by atoms with Gasteiger partial charge in [-0.15, -0.1) is 0 Å². The molecule has 2 unspecified atom stereocenters. The van der Waals surface area contributed by atoms with Crippen LogP contribution in [-0.2, 0) is 6.42 Å². The summed E-state index contributed by atoms with van der Waals surface area (Å²) in [7, 11) is 0. The van der Waals surface area contributed by atoms with Crippen molar-refractivity contribution in [3.8, 4) is 0 Å². The Labute approximate surface area is 117 Å². The third-order valence-electron chi connectivity index (χ3n) is 4.28. The number of halogens is 2. The predicted octanol–water partition coefficient (Wildman–Crippen LogP) is 4.43. The van der Waals surface area contributed by atoms with Gasteiger partial charge in [0.05, 0.1) is 0 Å². The van der Waals surface area contributed by atoms with Crippen molar-refractivity contribution in [3.05, 3.63) is 34.1 Å². The maximum absolute atomic E-state index is 13.8. The number of nitrogens with two attached hydrogens (primary N) is 1. The lowest BCUT2D eigenvalue weighted by Gasteiger charge is -2.41. The van der Waals surface area contributed by atoms with Gasteiger partial charge in [-0.2, -0.15) is 0 Å². The molecular weight excluding hydrogens is 293 g/mol. The Hall–Kier alpha value is -0.410. The SMILES string of the molecule is CCC1CCCCC1(N)Cc1cc(Br)ccc1F. The van der Waals surface area contributed by atoms with Crippen LogP contribution in [0.5, 0.6) is 0 Å². The third kappa shape index (κ3) is 2.94. The molecule has 0 spiro atoms. The van der Waals surface area contributed by atoms with E-state index in [9.17, 15) is 4.39 Å². The summed E-state index contributed by atoms with van der Waals surface area (Å²) >= 11 is 3.40. The molecular formula is C15H21BrFN. The summed E-state index contributed by atoms with van der Waals surface area (Å²) in [5, 5.41) is 0. The smallest absolute Gasteiger partial charge is 0.126 e. The normalized spacial score (nSPS) is 28.3. The number of hydrogen-bond acceptors (Lipinski definition) is 1. The van der Waals surface area contributed by atoms with Crippen LogP contribution in [0.15, 0.2) is 22.7 Å². The minimum atomic E-state index is -0.228. The van der Waals surface area contributed by atoms with Gasteiger partial charge in [-0.1, -0.05) is 42.1 Å². The van der Waals surface area contributed by atoms with Gasteiger partial charge in [0.25, 0.3) is 0 Å². The van der Waals surface area contributed by atoms with Gasteiger partial charge >= 0.3 is 0 Å². The average Bonchev–Trinajstić information content (AvgIpc) is 2.34. The molecule has 1 nitrogen and oxygen atoms in total. The van der Waals surface area contributed by atoms with E-state index in [0.717, 1.165) is 22.9 Å². The Balaban J connectivity index is 2.22. The zero-order valence-corrected chi connectivity index (χ0v) is 12.5. The van der Waals surface area contributed by atoms with Gasteiger partial charge in [-0.25, -0.2) is 4.39 Å². The molecule has 3 heteroatoms. The van der Waals surface area contributed by atoms with E-state index in [1.54, 1.807) is 6.07 Å². The first-order chi connectivity index (χ1) is 8.55. The van der Waals surface area contributed by atoms with Crippen molar-refractivity contribution >= 4 is 15.9 Å². The van der Waals surface area contributed by atoms with Gasteiger partial charge in [0.2, 0.25) is 0 Å². The summed E-state index contributed by atoms with van der Waals surface area (Å²) in [5.74, 6) is 0.382. The Morgan fingerprint density at radius 3 is 2.94 bits per heavy atom. The zero-order valence-electron chi connectivity index (χ0n) is 10.9. The van der Waals surface area contributed by atoms with Crippen LogP contribution in [-0.4, -0.2) is 5.54 Å². The first-order valence-corrected chi connectivity index (χ1v) is 7.57. The lowest BCUT2D eigenvalue weighted by atomic mass is 9.69. The van der Waals surface area contributed by atoms with Crippen molar-refractivity contribution in [2.24, 2.45) is 11.7 Å². The van der Waals surface area contributed by atoms with Gasteiger partial charge < -0.3 is 5.73 Å². The molecule has 1 fully saturated rings. The third-order valence-corrected chi connectivity index (χ3v) is 4.77. The largest absolute Gasteiger partial charge is 0.325 e. The van der Waals surface area contributed by atoms with Crippen molar-refractivity contribution in [1.29, 1.82) is 0 Å². The molecule has 0 radical (unpaired) electrons. The number of rotatable bonds is 3. The van der Waals surface area contributed by atoms with Crippen molar-refractivity contribution < 1.29 is 4.39 Å². The Bertz CT molecular complexity index is 421. The highest BCUT2D eigenvalue weighted by Crippen LogP contribution is 2.37. The van der Waals surface area contributed by atoms with Gasteiger partial charge in [0.15, 0.2) is 0 Å². The summed E-state index contributed by atoms with van der Waals surface area (Å²) in [6, 6.07) is 5.12. The van der Waals surface area contributed by atoms with Crippen LogP contribution in [0.1, 0.15) is 44.6 Å². The van der Waals surface area contributed by atoms with E-state index in [-0.39, 0.29) is 11.4 Å². The molecule has 2 atom stereocenters. The van der Waals surface area contributed by atoms with E-state index in [0.29, 0.717) is 12.3 Å². The first-order valence-electron chi connectivity index (χ1n) is 6.78. The summed E-state index contributed by atoms with van der Waals surface area (Å²) in [4.78, 5) is 0. The van der Waals surface area contributed by atoms with E-state index in [1.165, 1.54) is 25.3 Å². The topological polar surface area (TPSA) is 26.0 Å². The molecule has 0 bridgehead atoms. The number of benzene rings is 1. The Morgan fingerprint density at radius 1 is 1.44 bits per heavy atom. The lowest BCUT2D eigenvalue weighted by Crippen LogP contribution is -2.51. The van der Waals surface area contributed by atoms with Crippen molar-refractivity contribution in [1.82, 2.24) is 0 Å². The van der Waals surface area contributed by atoms with Crippen LogP contribution in [0.4, 0.5) is 4.39 Å². The molecule has 2 N–H and O–H groups in total. The molecule has 1 aromatic carbocycles. The van der Waals surface area contributed by atoms with Gasteiger partial charge in [-0.05, 0) is 48.9 Å². The minimum absolute atomic E-state index is 0.136. The molecule has 1 aliphatic rings. The van der Waals surface area contributed by atoms with Crippen LogP contribution >= 0.6 is 15.9 Å². The molecule has 0 aromatic heterocycles. The minimum Gasteiger partial charge on any atom is -0.325 e. The predicted molar refractivity (Wildman–Crippen MR) is 77.0 cm³/mol. The molecule has 1 saturated carbocycles. The zero-order chi connectivity index (χ0) is 13.2. The van der Waals surface area contributed by atoms with Crippen LogP contribution < -0.4 is 5.73 Å². The maximum Gasteiger partial charge on any atom is 0.126 e. The highest BCUT2D eigenvalue weighted by atomic mass is 79.9. The van der Waals surface area contributed by atoms with Crippen LogP contribution in [0.25, 0.3) is 0 Å². The standard InChI is InChI=1S/C15H21BrFN/c1-2-12-5-3-4-8-15(12,18)10-11-9-13(16)6-7-14(11)17/h6-7,9,12H,2-5,8,10,18H2,1H3. The molecule has 0 saturated heterocycles. The van der Waals surface area contributed by atoms with E-state index in [2.05, 4.69) is 22.9 Å². The van der Waals surface area contributed by atoms with Gasteiger partial charge in [0.1, 0.15) is 5.82 Å². The quantitative estimate of drug-likeness (QED) is 0.877. The number of hydrogen-bond donors (Lipinski definition) is 1. The Kier molecular flexibility index (Phi) is 4.44. The molecule has 0 amide bonds. The fraction of sp³-hybridized carbons (Fsp3) is 0.600. The van der Waals surface area contributed by atoms with Crippen molar-refractivity contribution in [2.75, 3.05) is 0 Å². The first kappa shape index (κ1) is 14.0. The molecule has 1 aliphatic carbocycles. The van der Waals surface area contributed by atoms with Gasteiger partial charge in [-0.3, -0.25) is 0 Å². The molecule has 18 heavy (non-hydrogen) atoms. The molecule has 1 aromatic rings. The van der Waals surface area contributed by atoms with Gasteiger partial charge in [0, 0.05) is 10.0 Å². The van der Waals surface area contributed by atoms with Crippen LogP contribution in [0.3, 0.4) is 0 Å². The fourth-order valence-electron chi connectivity index (χ4n) is 3.21. The summed E-state index contributed by atoms with van der Waals surface area (Å²) in [6.07, 6.45) is 6.37. The van der Waals surface area contributed by atoms with Crippen molar-refractivity contribution in [3.63, 3.8) is 0 Å². The molecule has 100 valence electrons.